The first-order valence-corrected chi connectivity index (χ1v) is 9.55. The maximum atomic E-state index is 13.7. The van der Waals surface area contributed by atoms with E-state index >= 15 is 0 Å². The van der Waals surface area contributed by atoms with Gasteiger partial charge in [-0.3, -0.25) is 9.59 Å². The number of pyridine rings is 1. The van der Waals surface area contributed by atoms with Crippen LogP contribution in [0.3, 0.4) is 0 Å². The number of nitrogens with zero attached hydrogens (tertiary/aromatic N) is 1. The first kappa shape index (κ1) is 20.6. The van der Waals surface area contributed by atoms with E-state index in [-0.39, 0.29) is 23.1 Å². The number of carbonyl (C=O) groups is 2. The van der Waals surface area contributed by atoms with Crippen molar-refractivity contribution in [3.63, 3.8) is 0 Å². The second-order valence-corrected chi connectivity index (χ2v) is 7.10. The molecule has 2 aromatic rings. The molecule has 1 saturated carbocycles. The summed E-state index contributed by atoms with van der Waals surface area (Å²) in [4.78, 5) is 31.0. The summed E-state index contributed by atoms with van der Waals surface area (Å²) in [5.41, 5.74) is 0.427. The van der Waals surface area contributed by atoms with Crippen LogP contribution < -0.4 is 19.5 Å². The second kappa shape index (κ2) is 8.51. The molecule has 29 heavy (non-hydrogen) atoms. The lowest BCUT2D eigenvalue weighted by molar-refractivity contribution is 0.0764. The Morgan fingerprint density at radius 1 is 1.00 bits per heavy atom. The molecule has 1 aliphatic carbocycles. The van der Waals surface area contributed by atoms with Gasteiger partial charge in [-0.25, -0.2) is 4.98 Å². The molecule has 3 rings (SSSR count). The highest BCUT2D eigenvalue weighted by atomic mass is 16.5. The van der Waals surface area contributed by atoms with E-state index in [4.69, 9.17) is 14.2 Å². The van der Waals surface area contributed by atoms with Crippen molar-refractivity contribution in [2.75, 3.05) is 21.3 Å². The highest BCUT2D eigenvalue weighted by molar-refractivity contribution is 6.10. The summed E-state index contributed by atoms with van der Waals surface area (Å²) in [6.45, 7) is 1.82. The SMILES string of the molecule is COc1cccc(C(=O)NC2(C(=O)c3c(OC)ccnc3OC)CCCC2)c1C. The number of carbonyl (C=O) groups excluding carboxylic acids is 2. The van der Waals surface area contributed by atoms with E-state index in [1.54, 1.807) is 31.4 Å². The Morgan fingerprint density at radius 3 is 2.31 bits per heavy atom. The van der Waals surface area contributed by atoms with Crippen molar-refractivity contribution in [3.8, 4) is 17.4 Å². The molecule has 7 nitrogen and oxygen atoms in total. The summed E-state index contributed by atoms with van der Waals surface area (Å²) in [6.07, 6.45) is 4.29. The van der Waals surface area contributed by atoms with Crippen molar-refractivity contribution in [2.24, 2.45) is 0 Å². The number of Topliss-reactive ketones (excluding diaryl/α,β-unsaturated/α-hetero) is 1. The topological polar surface area (TPSA) is 86.8 Å². The van der Waals surface area contributed by atoms with Crippen LogP contribution in [0.2, 0.25) is 0 Å². The van der Waals surface area contributed by atoms with Crippen LogP contribution in [0.5, 0.6) is 17.4 Å². The van der Waals surface area contributed by atoms with Crippen LogP contribution in [0.15, 0.2) is 30.5 Å². The third-order valence-electron chi connectivity index (χ3n) is 5.51. The zero-order chi connectivity index (χ0) is 21.0. The Kier molecular flexibility index (Phi) is 6.06. The lowest BCUT2D eigenvalue weighted by Gasteiger charge is -2.30. The standard InChI is InChI=1S/C22H26N2O5/c1-14-15(8-7-9-16(14)27-2)20(26)24-22(11-5-6-12-22)19(25)18-17(28-3)10-13-23-21(18)29-4/h7-10,13H,5-6,11-12H2,1-4H3,(H,24,26). The highest BCUT2D eigenvalue weighted by Gasteiger charge is 2.45. The predicted molar refractivity (Wildman–Crippen MR) is 108 cm³/mol. The molecule has 1 amide bonds. The molecule has 1 aromatic heterocycles. The number of nitrogens with one attached hydrogen (secondary N) is 1. The zero-order valence-electron chi connectivity index (χ0n) is 17.2. The first-order valence-electron chi connectivity index (χ1n) is 9.55. The van der Waals surface area contributed by atoms with Crippen molar-refractivity contribution < 1.29 is 23.8 Å². The summed E-state index contributed by atoms with van der Waals surface area (Å²) in [5, 5.41) is 3.02. The Balaban J connectivity index is 2.00. The normalized spacial score (nSPS) is 14.9. The van der Waals surface area contributed by atoms with Gasteiger partial charge in [0.25, 0.3) is 5.91 Å². The third-order valence-corrected chi connectivity index (χ3v) is 5.51. The number of rotatable bonds is 7. The molecule has 0 bridgehead atoms. The Morgan fingerprint density at radius 2 is 1.69 bits per heavy atom. The molecule has 1 N–H and O–H groups in total. The Bertz CT molecular complexity index is 897. The lowest BCUT2D eigenvalue weighted by Crippen LogP contribution is -2.52. The number of ketones is 1. The van der Waals surface area contributed by atoms with Gasteiger partial charge < -0.3 is 19.5 Å². The van der Waals surface area contributed by atoms with E-state index in [9.17, 15) is 9.59 Å². The number of benzene rings is 1. The number of hydrogen-bond donors (Lipinski definition) is 1. The van der Waals surface area contributed by atoms with E-state index in [0.29, 0.717) is 29.9 Å². The van der Waals surface area contributed by atoms with Gasteiger partial charge in [0.2, 0.25) is 5.88 Å². The minimum absolute atomic E-state index is 0.187. The number of hydrogen-bond acceptors (Lipinski definition) is 6. The zero-order valence-corrected chi connectivity index (χ0v) is 17.2. The minimum atomic E-state index is -1.03. The van der Waals surface area contributed by atoms with Gasteiger partial charge in [0.1, 0.15) is 22.6 Å². The summed E-state index contributed by atoms with van der Waals surface area (Å²) in [7, 11) is 4.51. The van der Waals surface area contributed by atoms with Crippen LogP contribution in [-0.2, 0) is 0 Å². The van der Waals surface area contributed by atoms with E-state index < -0.39 is 5.54 Å². The molecule has 7 heteroatoms. The van der Waals surface area contributed by atoms with Crippen LogP contribution >= 0.6 is 0 Å². The lowest BCUT2D eigenvalue weighted by atomic mass is 9.86. The van der Waals surface area contributed by atoms with Crippen LogP contribution in [0.25, 0.3) is 0 Å². The number of ether oxygens (including phenoxy) is 3. The van der Waals surface area contributed by atoms with E-state index in [0.717, 1.165) is 18.4 Å². The molecule has 1 heterocycles. The van der Waals surface area contributed by atoms with Crippen molar-refractivity contribution in [1.29, 1.82) is 0 Å². The third kappa shape index (κ3) is 3.77. The molecule has 0 spiro atoms. The molecular weight excluding hydrogens is 372 g/mol. The Labute approximate surface area is 170 Å². The average Bonchev–Trinajstić information content (AvgIpc) is 3.22. The van der Waals surface area contributed by atoms with Crippen molar-refractivity contribution in [2.45, 2.75) is 38.1 Å². The van der Waals surface area contributed by atoms with E-state index in [1.165, 1.54) is 20.4 Å². The van der Waals surface area contributed by atoms with Crippen LogP contribution in [-0.4, -0.2) is 43.5 Å². The number of methoxy groups -OCH3 is 3. The van der Waals surface area contributed by atoms with Gasteiger partial charge >= 0.3 is 0 Å². The number of amides is 1. The van der Waals surface area contributed by atoms with Crippen molar-refractivity contribution >= 4 is 11.7 Å². The maximum absolute atomic E-state index is 13.7. The van der Waals surface area contributed by atoms with Crippen LogP contribution in [0, 0.1) is 6.92 Å². The molecule has 0 aliphatic heterocycles. The molecule has 1 fully saturated rings. The van der Waals surface area contributed by atoms with Gasteiger partial charge in [-0.05, 0) is 38.0 Å². The molecule has 1 aliphatic rings. The Hall–Kier alpha value is -3.09. The predicted octanol–water partition coefficient (Wildman–Crippen LogP) is 3.34. The van der Waals surface area contributed by atoms with Crippen LogP contribution in [0.4, 0.5) is 0 Å². The summed E-state index contributed by atoms with van der Waals surface area (Å²) in [6, 6.07) is 6.91. The molecule has 0 unspecified atom stereocenters. The molecule has 0 saturated heterocycles. The molecular formula is C22H26N2O5. The summed E-state index contributed by atoms with van der Waals surface area (Å²) >= 11 is 0. The molecule has 0 radical (unpaired) electrons. The van der Waals surface area contributed by atoms with Gasteiger partial charge in [0, 0.05) is 17.3 Å². The average molecular weight is 398 g/mol. The smallest absolute Gasteiger partial charge is 0.252 e. The summed E-state index contributed by atoms with van der Waals surface area (Å²) in [5.74, 6) is 0.636. The van der Waals surface area contributed by atoms with Crippen molar-refractivity contribution in [3.05, 3.63) is 47.2 Å². The largest absolute Gasteiger partial charge is 0.496 e. The molecule has 0 atom stereocenters. The van der Waals surface area contributed by atoms with Crippen molar-refractivity contribution in [1.82, 2.24) is 10.3 Å². The quantitative estimate of drug-likeness (QED) is 0.720. The van der Waals surface area contributed by atoms with Gasteiger partial charge in [-0.15, -0.1) is 0 Å². The maximum Gasteiger partial charge on any atom is 0.252 e. The highest BCUT2D eigenvalue weighted by Crippen LogP contribution is 2.38. The van der Waals surface area contributed by atoms with E-state index in [2.05, 4.69) is 10.3 Å². The van der Waals surface area contributed by atoms with Crippen LogP contribution in [0.1, 0.15) is 52.0 Å². The second-order valence-electron chi connectivity index (χ2n) is 7.10. The van der Waals surface area contributed by atoms with Gasteiger partial charge in [0.15, 0.2) is 5.78 Å². The van der Waals surface area contributed by atoms with Gasteiger partial charge in [-0.1, -0.05) is 18.9 Å². The molecule has 154 valence electrons. The fourth-order valence-corrected chi connectivity index (χ4v) is 3.95. The summed E-state index contributed by atoms with van der Waals surface area (Å²) < 4.78 is 16.0. The first-order chi connectivity index (χ1) is 14.0. The fourth-order valence-electron chi connectivity index (χ4n) is 3.95. The van der Waals surface area contributed by atoms with Gasteiger partial charge in [0.05, 0.1) is 21.3 Å². The number of aromatic nitrogens is 1. The fraction of sp³-hybridized carbons (Fsp3) is 0.409. The monoisotopic (exact) mass is 398 g/mol. The van der Waals surface area contributed by atoms with E-state index in [1.807, 2.05) is 6.92 Å². The van der Waals surface area contributed by atoms with Gasteiger partial charge in [-0.2, -0.15) is 0 Å². The minimum Gasteiger partial charge on any atom is -0.496 e. The molecule has 1 aromatic carbocycles.